The molecule has 0 aliphatic carbocycles. The molecule has 4 aromatic rings. The summed E-state index contributed by atoms with van der Waals surface area (Å²) in [5, 5.41) is 6.46. The topological polar surface area (TPSA) is 73.4 Å². The molecular formula is C31H34N6O. The first-order valence-electron chi connectivity index (χ1n) is 13.0. The Hall–Kier alpha value is -4.23. The van der Waals surface area contributed by atoms with Crippen molar-refractivity contribution in [2.24, 2.45) is 0 Å². The highest BCUT2D eigenvalue weighted by Crippen LogP contribution is 2.25. The normalized spacial score (nSPS) is 14.7. The molecule has 1 aromatic heterocycles. The molecule has 0 spiro atoms. The Morgan fingerprint density at radius 2 is 1.68 bits per heavy atom. The van der Waals surface area contributed by atoms with E-state index < -0.39 is 0 Å². The highest BCUT2D eigenvalue weighted by molar-refractivity contribution is 6.04. The molecular weight excluding hydrogens is 472 g/mol. The summed E-state index contributed by atoms with van der Waals surface area (Å²) in [4.78, 5) is 26.7. The van der Waals surface area contributed by atoms with E-state index in [-0.39, 0.29) is 11.9 Å². The van der Waals surface area contributed by atoms with E-state index in [1.165, 1.54) is 5.69 Å². The smallest absolute Gasteiger partial charge is 0.255 e. The summed E-state index contributed by atoms with van der Waals surface area (Å²) in [5.74, 6) is 0.580. The number of aryl methyl sites for hydroxylation is 1. The predicted molar refractivity (Wildman–Crippen MR) is 155 cm³/mol. The third-order valence-electron chi connectivity index (χ3n) is 6.96. The fourth-order valence-electron chi connectivity index (χ4n) is 4.66. The molecule has 0 bridgehead atoms. The molecule has 1 fully saturated rings. The van der Waals surface area contributed by atoms with Gasteiger partial charge in [-0.1, -0.05) is 42.0 Å². The van der Waals surface area contributed by atoms with Crippen LogP contribution >= 0.6 is 0 Å². The fraction of sp³-hybridized carbons (Fsp3) is 0.258. The minimum Gasteiger partial charge on any atom is -0.369 e. The lowest BCUT2D eigenvalue weighted by molar-refractivity contribution is 0.102. The minimum atomic E-state index is -0.122. The standard InChI is InChI=1S/C31H34N6O/c1-22-6-4-8-26(18-22)31(38)34-27-9-5-7-25(19-27)23(2)33-30-21-32-20-29(35-30)24-10-12-28(13-11-24)37-16-14-36(3)15-17-37/h4-13,18-21,23H,14-17H2,1-3H3,(H,33,35)(H,34,38)/t23-/m0/s1. The van der Waals surface area contributed by atoms with Crippen LogP contribution in [0.5, 0.6) is 0 Å². The number of hydrogen-bond acceptors (Lipinski definition) is 6. The maximum Gasteiger partial charge on any atom is 0.255 e. The molecule has 1 aliphatic rings. The van der Waals surface area contributed by atoms with Crippen LogP contribution in [0.1, 0.15) is 34.5 Å². The van der Waals surface area contributed by atoms with Gasteiger partial charge in [0.15, 0.2) is 0 Å². The molecule has 0 radical (unpaired) electrons. The van der Waals surface area contributed by atoms with Gasteiger partial charge in [0.25, 0.3) is 5.91 Å². The van der Waals surface area contributed by atoms with Crippen molar-refractivity contribution in [3.05, 3.63) is 102 Å². The minimum absolute atomic E-state index is 0.0324. The van der Waals surface area contributed by atoms with Crippen molar-refractivity contribution >= 4 is 23.1 Å². The van der Waals surface area contributed by atoms with Gasteiger partial charge in [-0.05, 0) is 62.9 Å². The van der Waals surface area contributed by atoms with Gasteiger partial charge < -0.3 is 20.4 Å². The second-order valence-corrected chi connectivity index (χ2v) is 9.94. The Kier molecular flexibility index (Phi) is 7.65. The second-order valence-electron chi connectivity index (χ2n) is 9.94. The van der Waals surface area contributed by atoms with Gasteiger partial charge in [-0.3, -0.25) is 9.78 Å². The molecule has 2 heterocycles. The zero-order valence-electron chi connectivity index (χ0n) is 22.2. The first kappa shape index (κ1) is 25.4. The maximum absolute atomic E-state index is 12.7. The zero-order valence-corrected chi connectivity index (χ0v) is 22.2. The first-order valence-corrected chi connectivity index (χ1v) is 13.0. The molecule has 3 aromatic carbocycles. The summed E-state index contributed by atoms with van der Waals surface area (Å²) in [6.45, 7) is 8.31. The van der Waals surface area contributed by atoms with Crippen LogP contribution in [0.25, 0.3) is 11.3 Å². The predicted octanol–water partition coefficient (Wildman–Crippen LogP) is 5.63. The van der Waals surface area contributed by atoms with Crippen molar-refractivity contribution in [3.8, 4) is 11.3 Å². The molecule has 7 nitrogen and oxygen atoms in total. The molecule has 1 aliphatic heterocycles. The number of carbonyl (C=O) groups excluding carboxylic acids is 1. The number of aromatic nitrogens is 2. The molecule has 1 saturated heterocycles. The van der Waals surface area contributed by atoms with Gasteiger partial charge in [-0.25, -0.2) is 4.98 Å². The highest BCUT2D eigenvalue weighted by Gasteiger charge is 2.15. The van der Waals surface area contributed by atoms with Crippen LogP contribution < -0.4 is 15.5 Å². The van der Waals surface area contributed by atoms with E-state index in [0.717, 1.165) is 54.3 Å². The van der Waals surface area contributed by atoms with Crippen molar-refractivity contribution in [2.45, 2.75) is 19.9 Å². The van der Waals surface area contributed by atoms with Crippen LogP contribution in [0.2, 0.25) is 0 Å². The summed E-state index contributed by atoms with van der Waals surface area (Å²) < 4.78 is 0. The van der Waals surface area contributed by atoms with Crippen LogP contribution in [-0.4, -0.2) is 54.0 Å². The Balaban J connectivity index is 1.24. The van der Waals surface area contributed by atoms with Gasteiger partial charge >= 0.3 is 0 Å². The van der Waals surface area contributed by atoms with Gasteiger partial charge in [0.2, 0.25) is 0 Å². The number of nitrogens with zero attached hydrogens (tertiary/aromatic N) is 4. The molecule has 1 amide bonds. The van der Waals surface area contributed by atoms with Gasteiger partial charge in [-0.15, -0.1) is 0 Å². The molecule has 0 saturated carbocycles. The van der Waals surface area contributed by atoms with Crippen molar-refractivity contribution in [1.82, 2.24) is 14.9 Å². The molecule has 194 valence electrons. The van der Waals surface area contributed by atoms with E-state index in [1.807, 2.05) is 55.5 Å². The summed E-state index contributed by atoms with van der Waals surface area (Å²) in [7, 11) is 2.17. The Bertz CT molecular complexity index is 1400. The van der Waals surface area contributed by atoms with Crippen molar-refractivity contribution in [2.75, 3.05) is 48.8 Å². The number of carbonyl (C=O) groups is 1. The van der Waals surface area contributed by atoms with Crippen LogP contribution in [0.3, 0.4) is 0 Å². The number of amides is 1. The van der Waals surface area contributed by atoms with Gasteiger partial charge in [0.1, 0.15) is 5.82 Å². The quantitative estimate of drug-likeness (QED) is 0.339. The average molecular weight is 507 g/mol. The Labute approximate surface area is 224 Å². The van der Waals surface area contributed by atoms with Crippen LogP contribution in [-0.2, 0) is 0 Å². The van der Waals surface area contributed by atoms with E-state index in [2.05, 4.69) is 63.7 Å². The summed E-state index contributed by atoms with van der Waals surface area (Å²) in [6, 6.07) is 24.0. The number of nitrogens with one attached hydrogen (secondary N) is 2. The maximum atomic E-state index is 12.7. The Morgan fingerprint density at radius 1 is 0.921 bits per heavy atom. The molecule has 2 N–H and O–H groups in total. The third kappa shape index (κ3) is 6.18. The van der Waals surface area contributed by atoms with Crippen molar-refractivity contribution in [1.29, 1.82) is 0 Å². The molecule has 0 unspecified atom stereocenters. The first-order chi connectivity index (χ1) is 18.4. The molecule has 38 heavy (non-hydrogen) atoms. The lowest BCUT2D eigenvalue weighted by Crippen LogP contribution is -2.44. The number of hydrogen-bond donors (Lipinski definition) is 2. The van der Waals surface area contributed by atoms with Crippen LogP contribution in [0, 0.1) is 6.92 Å². The van der Waals surface area contributed by atoms with E-state index in [1.54, 1.807) is 12.4 Å². The second kappa shape index (κ2) is 11.4. The molecule has 5 rings (SSSR count). The van der Waals surface area contributed by atoms with Crippen molar-refractivity contribution in [3.63, 3.8) is 0 Å². The zero-order chi connectivity index (χ0) is 26.5. The lowest BCUT2D eigenvalue weighted by Gasteiger charge is -2.34. The van der Waals surface area contributed by atoms with E-state index >= 15 is 0 Å². The lowest BCUT2D eigenvalue weighted by atomic mass is 10.1. The fourth-order valence-corrected chi connectivity index (χ4v) is 4.66. The number of benzene rings is 3. The van der Waals surface area contributed by atoms with E-state index in [0.29, 0.717) is 11.4 Å². The van der Waals surface area contributed by atoms with Crippen LogP contribution in [0.15, 0.2) is 85.2 Å². The van der Waals surface area contributed by atoms with Gasteiger partial charge in [-0.2, -0.15) is 0 Å². The number of piperazine rings is 1. The van der Waals surface area contributed by atoms with E-state index in [4.69, 9.17) is 4.98 Å². The Morgan fingerprint density at radius 3 is 2.45 bits per heavy atom. The number of anilines is 3. The highest BCUT2D eigenvalue weighted by atomic mass is 16.1. The number of rotatable bonds is 7. The van der Waals surface area contributed by atoms with Crippen molar-refractivity contribution < 1.29 is 4.79 Å². The molecule has 1 atom stereocenters. The number of likely N-dealkylation sites (N-methyl/N-ethyl adjacent to an activating group) is 1. The van der Waals surface area contributed by atoms with E-state index in [9.17, 15) is 4.79 Å². The SMILES string of the molecule is Cc1cccc(C(=O)Nc2cccc([C@H](C)Nc3cncc(-c4ccc(N5CCN(C)CC5)cc4)n3)c2)c1. The monoisotopic (exact) mass is 506 g/mol. The summed E-state index contributed by atoms with van der Waals surface area (Å²) >= 11 is 0. The van der Waals surface area contributed by atoms with Crippen LogP contribution in [0.4, 0.5) is 17.2 Å². The summed E-state index contributed by atoms with van der Waals surface area (Å²) in [5.41, 5.74) is 6.59. The largest absolute Gasteiger partial charge is 0.369 e. The molecule has 7 heteroatoms. The third-order valence-corrected chi connectivity index (χ3v) is 6.96. The van der Waals surface area contributed by atoms with Gasteiger partial charge in [0, 0.05) is 48.7 Å². The van der Waals surface area contributed by atoms with Gasteiger partial charge in [0.05, 0.1) is 24.1 Å². The summed E-state index contributed by atoms with van der Waals surface area (Å²) in [6.07, 6.45) is 3.53. The average Bonchev–Trinajstić information content (AvgIpc) is 2.94.